The van der Waals surface area contributed by atoms with Crippen LogP contribution in [0.3, 0.4) is 0 Å². The fraction of sp³-hybridized carbons (Fsp3) is 0.350. The summed E-state index contributed by atoms with van der Waals surface area (Å²) in [5.41, 5.74) is 4.00. The van der Waals surface area contributed by atoms with Gasteiger partial charge < -0.3 is 10.4 Å². The Morgan fingerprint density at radius 2 is 1.88 bits per heavy atom. The number of carboxylic acids is 1. The predicted octanol–water partition coefficient (Wildman–Crippen LogP) is 3.77. The summed E-state index contributed by atoms with van der Waals surface area (Å²) in [5.74, 6) is -0.871. The van der Waals surface area contributed by atoms with E-state index in [4.69, 9.17) is 5.11 Å². The summed E-state index contributed by atoms with van der Waals surface area (Å²) in [6.07, 6.45) is 2.25. The lowest BCUT2D eigenvalue weighted by molar-refractivity contribution is 0.0697. The molecule has 1 fully saturated rings. The molecule has 1 aliphatic rings. The Hall–Kier alpha value is -2.33. The minimum atomic E-state index is -0.871. The summed E-state index contributed by atoms with van der Waals surface area (Å²) in [4.78, 5) is 13.3. The van der Waals surface area contributed by atoms with Crippen LogP contribution in [0.5, 0.6) is 0 Å². The van der Waals surface area contributed by atoms with Crippen LogP contribution in [0, 0.1) is 6.92 Å². The molecule has 3 rings (SSSR count). The average Bonchev–Trinajstić information content (AvgIpc) is 2.57. The molecule has 0 radical (unpaired) electrons. The molecule has 1 aliphatic heterocycles. The van der Waals surface area contributed by atoms with Crippen LogP contribution in [0.2, 0.25) is 0 Å². The molecule has 2 N–H and O–H groups in total. The maximum Gasteiger partial charge on any atom is 0.335 e. The maximum atomic E-state index is 10.9. The Morgan fingerprint density at radius 1 is 1.17 bits per heavy atom. The molecule has 0 unspecified atom stereocenters. The van der Waals surface area contributed by atoms with Crippen molar-refractivity contribution in [1.82, 2.24) is 4.90 Å². The zero-order chi connectivity index (χ0) is 16.9. The minimum Gasteiger partial charge on any atom is -0.478 e. The smallest absolute Gasteiger partial charge is 0.335 e. The van der Waals surface area contributed by atoms with E-state index in [1.165, 1.54) is 16.8 Å². The molecule has 0 bridgehead atoms. The fourth-order valence-electron chi connectivity index (χ4n) is 3.22. The molecule has 2 aromatic carbocycles. The number of carboxylic acid groups (broad SMARTS) is 1. The number of benzene rings is 2. The van der Waals surface area contributed by atoms with Crippen LogP contribution in [0.1, 0.15) is 34.3 Å². The van der Waals surface area contributed by atoms with E-state index in [2.05, 4.69) is 41.4 Å². The number of aryl methyl sites for hydroxylation is 1. The van der Waals surface area contributed by atoms with Gasteiger partial charge in [0.05, 0.1) is 5.56 Å². The first-order chi connectivity index (χ1) is 11.6. The van der Waals surface area contributed by atoms with Gasteiger partial charge in [0.15, 0.2) is 0 Å². The number of hydrogen-bond donors (Lipinski definition) is 2. The monoisotopic (exact) mass is 324 g/mol. The standard InChI is InChI=1S/C20H24N2O2/c1-15-3-2-4-19(13-15)21-18-9-11-22(12-10-18)14-16-5-7-17(8-6-16)20(23)24/h2-8,13,18,21H,9-12,14H2,1H3,(H,23,24). The Balaban J connectivity index is 1.49. The fourth-order valence-corrected chi connectivity index (χ4v) is 3.22. The molecular formula is C20H24N2O2. The normalized spacial score (nSPS) is 16.0. The molecular weight excluding hydrogens is 300 g/mol. The van der Waals surface area contributed by atoms with Crippen LogP contribution in [0.25, 0.3) is 0 Å². The van der Waals surface area contributed by atoms with Crippen molar-refractivity contribution in [3.05, 3.63) is 65.2 Å². The van der Waals surface area contributed by atoms with Gasteiger partial charge in [-0.05, 0) is 55.2 Å². The third kappa shape index (κ3) is 4.36. The molecule has 0 aromatic heterocycles. The second-order valence-electron chi connectivity index (χ2n) is 6.57. The number of likely N-dealkylation sites (tertiary alicyclic amines) is 1. The van der Waals surface area contributed by atoms with Gasteiger partial charge in [-0.15, -0.1) is 0 Å². The van der Waals surface area contributed by atoms with E-state index in [9.17, 15) is 4.79 Å². The molecule has 4 nitrogen and oxygen atoms in total. The van der Waals surface area contributed by atoms with Crippen molar-refractivity contribution >= 4 is 11.7 Å². The van der Waals surface area contributed by atoms with Gasteiger partial charge in [-0.25, -0.2) is 4.79 Å². The predicted molar refractivity (Wildman–Crippen MR) is 96.5 cm³/mol. The summed E-state index contributed by atoms with van der Waals surface area (Å²) in [6.45, 7) is 5.12. The van der Waals surface area contributed by atoms with Crippen LogP contribution in [-0.2, 0) is 6.54 Å². The number of aromatic carboxylic acids is 1. The number of carbonyl (C=O) groups is 1. The van der Waals surface area contributed by atoms with Gasteiger partial charge in [0.1, 0.15) is 0 Å². The topological polar surface area (TPSA) is 52.6 Å². The summed E-state index contributed by atoms with van der Waals surface area (Å²) < 4.78 is 0. The molecule has 0 aliphatic carbocycles. The van der Waals surface area contributed by atoms with E-state index in [1.807, 2.05) is 12.1 Å². The maximum absolute atomic E-state index is 10.9. The number of piperidine rings is 1. The van der Waals surface area contributed by atoms with Gasteiger partial charge in [0.2, 0.25) is 0 Å². The number of anilines is 1. The lowest BCUT2D eigenvalue weighted by Crippen LogP contribution is -2.38. The van der Waals surface area contributed by atoms with Crippen LogP contribution in [0.15, 0.2) is 48.5 Å². The van der Waals surface area contributed by atoms with Gasteiger partial charge in [-0.2, -0.15) is 0 Å². The van der Waals surface area contributed by atoms with Crippen molar-refractivity contribution in [3.63, 3.8) is 0 Å². The molecule has 24 heavy (non-hydrogen) atoms. The van der Waals surface area contributed by atoms with E-state index in [0.717, 1.165) is 32.5 Å². The summed E-state index contributed by atoms with van der Waals surface area (Å²) in [7, 11) is 0. The van der Waals surface area contributed by atoms with Gasteiger partial charge in [-0.1, -0.05) is 24.3 Å². The van der Waals surface area contributed by atoms with E-state index < -0.39 is 5.97 Å². The highest BCUT2D eigenvalue weighted by Gasteiger charge is 2.19. The molecule has 126 valence electrons. The van der Waals surface area contributed by atoms with Crippen molar-refractivity contribution in [2.75, 3.05) is 18.4 Å². The first-order valence-corrected chi connectivity index (χ1v) is 8.48. The molecule has 4 heteroatoms. The molecule has 0 saturated carbocycles. The third-order valence-corrected chi connectivity index (χ3v) is 4.58. The minimum absolute atomic E-state index is 0.347. The van der Waals surface area contributed by atoms with E-state index in [0.29, 0.717) is 11.6 Å². The zero-order valence-electron chi connectivity index (χ0n) is 14.0. The Labute approximate surface area is 143 Å². The second-order valence-corrected chi connectivity index (χ2v) is 6.57. The van der Waals surface area contributed by atoms with Gasteiger partial charge in [0, 0.05) is 31.4 Å². The van der Waals surface area contributed by atoms with Crippen LogP contribution in [-0.4, -0.2) is 35.1 Å². The summed E-state index contributed by atoms with van der Waals surface area (Å²) in [6, 6.07) is 16.3. The first kappa shape index (κ1) is 16.5. The number of nitrogens with one attached hydrogen (secondary N) is 1. The zero-order valence-corrected chi connectivity index (χ0v) is 14.0. The number of nitrogens with zero attached hydrogens (tertiary/aromatic N) is 1. The van der Waals surface area contributed by atoms with Gasteiger partial charge >= 0.3 is 5.97 Å². The lowest BCUT2D eigenvalue weighted by atomic mass is 10.0. The van der Waals surface area contributed by atoms with Crippen molar-refractivity contribution < 1.29 is 9.90 Å². The SMILES string of the molecule is Cc1cccc(NC2CCN(Cc3ccc(C(=O)O)cc3)CC2)c1. The average molecular weight is 324 g/mol. The Morgan fingerprint density at radius 3 is 2.50 bits per heavy atom. The molecule has 1 saturated heterocycles. The molecule has 0 amide bonds. The Kier molecular flexibility index (Phi) is 5.16. The quantitative estimate of drug-likeness (QED) is 0.879. The third-order valence-electron chi connectivity index (χ3n) is 4.58. The highest BCUT2D eigenvalue weighted by atomic mass is 16.4. The van der Waals surface area contributed by atoms with Crippen molar-refractivity contribution in [2.24, 2.45) is 0 Å². The van der Waals surface area contributed by atoms with Crippen molar-refractivity contribution in [3.8, 4) is 0 Å². The first-order valence-electron chi connectivity index (χ1n) is 8.48. The van der Waals surface area contributed by atoms with Crippen LogP contribution < -0.4 is 5.32 Å². The van der Waals surface area contributed by atoms with Crippen molar-refractivity contribution in [1.29, 1.82) is 0 Å². The lowest BCUT2D eigenvalue weighted by Gasteiger charge is -2.33. The number of rotatable bonds is 5. The van der Waals surface area contributed by atoms with Crippen LogP contribution >= 0.6 is 0 Å². The van der Waals surface area contributed by atoms with Crippen molar-refractivity contribution in [2.45, 2.75) is 32.4 Å². The van der Waals surface area contributed by atoms with Gasteiger partial charge in [0.25, 0.3) is 0 Å². The van der Waals surface area contributed by atoms with E-state index in [-0.39, 0.29) is 0 Å². The molecule has 2 aromatic rings. The Bertz CT molecular complexity index is 689. The molecule has 1 heterocycles. The summed E-state index contributed by atoms with van der Waals surface area (Å²) >= 11 is 0. The summed E-state index contributed by atoms with van der Waals surface area (Å²) in [5, 5.41) is 12.6. The highest BCUT2D eigenvalue weighted by Crippen LogP contribution is 2.19. The number of hydrogen-bond acceptors (Lipinski definition) is 3. The largest absolute Gasteiger partial charge is 0.478 e. The molecule has 0 spiro atoms. The highest BCUT2D eigenvalue weighted by molar-refractivity contribution is 5.87. The van der Waals surface area contributed by atoms with Crippen LogP contribution in [0.4, 0.5) is 5.69 Å². The van der Waals surface area contributed by atoms with E-state index >= 15 is 0 Å². The van der Waals surface area contributed by atoms with E-state index in [1.54, 1.807) is 12.1 Å². The second kappa shape index (κ2) is 7.49. The molecule has 0 atom stereocenters. The van der Waals surface area contributed by atoms with Gasteiger partial charge in [-0.3, -0.25) is 4.90 Å².